The highest BCUT2D eigenvalue weighted by atomic mass is 15.3. The van der Waals surface area contributed by atoms with Gasteiger partial charge >= 0.3 is 0 Å². The summed E-state index contributed by atoms with van der Waals surface area (Å²) in [5.74, 6) is 0. The van der Waals surface area contributed by atoms with Crippen LogP contribution in [0.2, 0.25) is 0 Å². The second-order valence-electron chi connectivity index (χ2n) is 6.10. The van der Waals surface area contributed by atoms with Gasteiger partial charge in [0.25, 0.3) is 0 Å². The third-order valence-electron chi connectivity index (χ3n) is 3.23. The van der Waals surface area contributed by atoms with E-state index in [-0.39, 0.29) is 5.41 Å². The van der Waals surface area contributed by atoms with Gasteiger partial charge in [-0.3, -0.25) is 4.68 Å². The highest BCUT2D eigenvalue weighted by Crippen LogP contribution is 2.25. The smallest absolute Gasteiger partial charge is 0.0727 e. The van der Waals surface area contributed by atoms with Crippen LogP contribution in [0.5, 0.6) is 0 Å². The number of hydrogen-bond donors (Lipinski definition) is 1. The summed E-state index contributed by atoms with van der Waals surface area (Å²) in [5, 5.41) is 8.09. The maximum absolute atomic E-state index is 4.59. The lowest BCUT2D eigenvalue weighted by Crippen LogP contribution is -2.16. The molecule has 0 saturated carbocycles. The first-order valence-electron chi connectivity index (χ1n) is 6.70. The molecule has 19 heavy (non-hydrogen) atoms. The van der Waals surface area contributed by atoms with E-state index < -0.39 is 0 Å². The van der Waals surface area contributed by atoms with Gasteiger partial charge in [-0.15, -0.1) is 0 Å². The van der Waals surface area contributed by atoms with Gasteiger partial charge in [0.1, 0.15) is 0 Å². The van der Waals surface area contributed by atoms with Gasteiger partial charge in [0.15, 0.2) is 0 Å². The zero-order valence-corrected chi connectivity index (χ0v) is 12.5. The Morgan fingerprint density at radius 3 is 2.53 bits per heavy atom. The quantitative estimate of drug-likeness (QED) is 0.909. The Kier molecular flexibility index (Phi) is 3.65. The molecule has 0 fully saturated rings. The molecule has 2 rings (SSSR count). The fourth-order valence-corrected chi connectivity index (χ4v) is 2.26. The summed E-state index contributed by atoms with van der Waals surface area (Å²) >= 11 is 0. The average molecular weight is 257 g/mol. The van der Waals surface area contributed by atoms with E-state index in [4.69, 9.17) is 0 Å². The fourth-order valence-electron chi connectivity index (χ4n) is 2.26. The van der Waals surface area contributed by atoms with Crippen molar-refractivity contribution in [2.45, 2.75) is 39.7 Å². The highest BCUT2D eigenvalue weighted by molar-refractivity contribution is 5.50. The van der Waals surface area contributed by atoms with E-state index in [9.17, 15) is 0 Å². The number of rotatable bonds is 3. The molecule has 0 unspecified atom stereocenters. The molecule has 0 bridgehead atoms. The van der Waals surface area contributed by atoms with Gasteiger partial charge in [0.2, 0.25) is 0 Å². The zero-order chi connectivity index (χ0) is 14.0. The minimum Gasteiger partial charge on any atom is -0.381 e. The Bertz CT molecular complexity index is 562. The highest BCUT2D eigenvalue weighted by Gasteiger charge is 2.21. The molecule has 3 nitrogen and oxygen atoms in total. The molecule has 0 radical (unpaired) electrons. The third-order valence-corrected chi connectivity index (χ3v) is 3.23. The lowest BCUT2D eigenvalue weighted by atomic mass is 9.89. The second kappa shape index (κ2) is 5.08. The van der Waals surface area contributed by atoms with E-state index in [0.29, 0.717) is 0 Å². The summed E-state index contributed by atoms with van der Waals surface area (Å²) in [7, 11) is 1.98. The van der Waals surface area contributed by atoms with Gasteiger partial charge in [-0.2, -0.15) is 5.10 Å². The summed E-state index contributed by atoms with van der Waals surface area (Å²) in [6.45, 7) is 9.54. The molecule has 2 aromatic rings. The topological polar surface area (TPSA) is 29.9 Å². The molecule has 1 N–H and O–H groups in total. The van der Waals surface area contributed by atoms with Crippen molar-refractivity contribution in [1.29, 1.82) is 0 Å². The summed E-state index contributed by atoms with van der Waals surface area (Å²) in [5.41, 5.74) is 4.95. The number of para-hydroxylation sites is 1. The van der Waals surface area contributed by atoms with Gasteiger partial charge in [-0.1, -0.05) is 39.0 Å². The SMILES string of the molecule is Cc1ccccc1NCc1cn(C)nc1C(C)(C)C. The van der Waals surface area contributed by atoms with Crippen LogP contribution in [0.3, 0.4) is 0 Å². The van der Waals surface area contributed by atoms with E-state index in [0.717, 1.165) is 12.2 Å². The predicted octanol–water partition coefficient (Wildman–Crippen LogP) is 3.64. The van der Waals surface area contributed by atoms with Crippen molar-refractivity contribution in [3.05, 3.63) is 47.3 Å². The van der Waals surface area contributed by atoms with Crippen LogP contribution in [-0.2, 0) is 19.0 Å². The normalized spacial score (nSPS) is 11.6. The third kappa shape index (κ3) is 3.16. The average Bonchev–Trinajstić information content (AvgIpc) is 2.69. The maximum Gasteiger partial charge on any atom is 0.0727 e. The van der Waals surface area contributed by atoms with E-state index in [1.165, 1.54) is 16.8 Å². The van der Waals surface area contributed by atoms with Gasteiger partial charge in [0.05, 0.1) is 5.69 Å². The lowest BCUT2D eigenvalue weighted by molar-refractivity contribution is 0.549. The number of benzene rings is 1. The molecule has 3 heteroatoms. The molecule has 0 aliphatic rings. The van der Waals surface area contributed by atoms with Crippen molar-refractivity contribution in [3.8, 4) is 0 Å². The van der Waals surface area contributed by atoms with Crippen molar-refractivity contribution >= 4 is 5.69 Å². The standard InChI is InChI=1S/C16H23N3/c1-12-8-6-7-9-14(12)17-10-13-11-19(5)18-15(13)16(2,3)4/h6-9,11,17H,10H2,1-5H3. The van der Waals surface area contributed by atoms with Crippen LogP contribution in [0.25, 0.3) is 0 Å². The Balaban J connectivity index is 2.19. The molecule has 102 valence electrons. The first kappa shape index (κ1) is 13.7. The molecule has 0 aliphatic heterocycles. The van der Waals surface area contributed by atoms with E-state index in [1.54, 1.807) is 0 Å². The molecule has 0 amide bonds. The van der Waals surface area contributed by atoms with Crippen LogP contribution in [0.4, 0.5) is 5.69 Å². The largest absolute Gasteiger partial charge is 0.381 e. The number of hydrogen-bond acceptors (Lipinski definition) is 2. The number of aromatic nitrogens is 2. The molecule has 0 spiro atoms. The van der Waals surface area contributed by atoms with Crippen LogP contribution in [-0.4, -0.2) is 9.78 Å². The minimum atomic E-state index is 0.0734. The van der Waals surface area contributed by atoms with E-state index >= 15 is 0 Å². The van der Waals surface area contributed by atoms with Crippen molar-refractivity contribution in [2.75, 3.05) is 5.32 Å². The van der Waals surface area contributed by atoms with Gasteiger partial charge < -0.3 is 5.32 Å². The Morgan fingerprint density at radius 2 is 1.89 bits per heavy atom. The number of nitrogens with zero attached hydrogens (tertiary/aromatic N) is 2. The first-order chi connectivity index (χ1) is 8.88. The maximum atomic E-state index is 4.59. The number of nitrogens with one attached hydrogen (secondary N) is 1. The summed E-state index contributed by atoms with van der Waals surface area (Å²) in [4.78, 5) is 0. The lowest BCUT2D eigenvalue weighted by Gasteiger charge is -2.18. The molecular weight excluding hydrogens is 234 g/mol. The second-order valence-corrected chi connectivity index (χ2v) is 6.10. The molecule has 0 aliphatic carbocycles. The van der Waals surface area contributed by atoms with Gasteiger partial charge in [0, 0.05) is 36.5 Å². The van der Waals surface area contributed by atoms with Crippen LogP contribution < -0.4 is 5.32 Å². The predicted molar refractivity (Wildman–Crippen MR) is 80.4 cm³/mol. The summed E-state index contributed by atoms with van der Waals surface area (Å²) in [6, 6.07) is 8.35. The Hall–Kier alpha value is -1.77. The summed E-state index contributed by atoms with van der Waals surface area (Å²) < 4.78 is 1.90. The number of anilines is 1. The number of aryl methyl sites for hydroxylation is 2. The van der Waals surface area contributed by atoms with E-state index in [1.807, 2.05) is 11.7 Å². The van der Waals surface area contributed by atoms with Crippen LogP contribution in [0.15, 0.2) is 30.5 Å². The van der Waals surface area contributed by atoms with E-state index in [2.05, 4.69) is 68.6 Å². The zero-order valence-electron chi connectivity index (χ0n) is 12.5. The Labute approximate surface area is 115 Å². The van der Waals surface area contributed by atoms with Crippen molar-refractivity contribution in [3.63, 3.8) is 0 Å². The van der Waals surface area contributed by atoms with Crippen LogP contribution in [0, 0.1) is 6.92 Å². The van der Waals surface area contributed by atoms with Crippen LogP contribution >= 0.6 is 0 Å². The van der Waals surface area contributed by atoms with Crippen molar-refractivity contribution < 1.29 is 0 Å². The molecule has 0 atom stereocenters. The molecule has 1 aromatic heterocycles. The monoisotopic (exact) mass is 257 g/mol. The fraction of sp³-hybridized carbons (Fsp3) is 0.438. The van der Waals surface area contributed by atoms with Crippen molar-refractivity contribution in [2.24, 2.45) is 7.05 Å². The molecule has 1 aromatic carbocycles. The van der Waals surface area contributed by atoms with Crippen molar-refractivity contribution in [1.82, 2.24) is 9.78 Å². The van der Waals surface area contributed by atoms with Crippen LogP contribution in [0.1, 0.15) is 37.6 Å². The molecule has 0 saturated heterocycles. The van der Waals surface area contributed by atoms with Gasteiger partial charge in [-0.05, 0) is 18.6 Å². The molecule has 1 heterocycles. The Morgan fingerprint density at radius 1 is 1.21 bits per heavy atom. The summed E-state index contributed by atoms with van der Waals surface area (Å²) in [6.07, 6.45) is 2.10. The molecular formula is C16H23N3. The minimum absolute atomic E-state index is 0.0734. The van der Waals surface area contributed by atoms with Gasteiger partial charge in [-0.25, -0.2) is 0 Å². The first-order valence-corrected chi connectivity index (χ1v) is 6.70.